The van der Waals surface area contributed by atoms with Gasteiger partial charge in [-0.15, -0.1) is 0 Å². The molecule has 6 nitrogen and oxygen atoms in total. The highest BCUT2D eigenvalue weighted by atomic mass is 19.1. The summed E-state index contributed by atoms with van der Waals surface area (Å²) in [7, 11) is 0. The minimum Gasteiger partial charge on any atom is -0.480 e. The molecule has 148 valence electrons. The van der Waals surface area contributed by atoms with Gasteiger partial charge in [0.15, 0.2) is 0 Å². The largest absolute Gasteiger partial charge is 0.480 e. The summed E-state index contributed by atoms with van der Waals surface area (Å²) in [4.78, 5) is 27.7. The van der Waals surface area contributed by atoms with Gasteiger partial charge in [-0.1, -0.05) is 24.3 Å². The number of halogens is 1. The molecule has 3 aromatic rings. The second kappa shape index (κ2) is 9.57. The summed E-state index contributed by atoms with van der Waals surface area (Å²) in [6.07, 6.45) is 3.60. The molecule has 0 aliphatic carbocycles. The van der Waals surface area contributed by atoms with Crippen LogP contribution in [0.3, 0.4) is 0 Å². The van der Waals surface area contributed by atoms with Crippen molar-refractivity contribution in [1.29, 1.82) is 0 Å². The summed E-state index contributed by atoms with van der Waals surface area (Å²) in [5.41, 5.74) is 3.18. The number of amides is 1. The lowest BCUT2D eigenvalue weighted by molar-refractivity contribution is -0.136. The fraction of sp³-hybridized carbons (Fsp3) is 0.136. The average molecular weight is 393 g/mol. The Kier molecular flexibility index (Phi) is 6.65. The Hall–Kier alpha value is -3.58. The normalized spacial score (nSPS) is 11.6. The number of nitrogens with one attached hydrogen (secondary N) is 2. The molecule has 2 aromatic carbocycles. The first-order valence-corrected chi connectivity index (χ1v) is 9.02. The molecular formula is C22H20FN3O3. The topological polar surface area (TPSA) is 91.3 Å². The van der Waals surface area contributed by atoms with E-state index in [1.807, 2.05) is 30.3 Å². The minimum atomic E-state index is -1.07. The molecule has 29 heavy (non-hydrogen) atoms. The standard InChI is InChI=1S/C22H20FN3O3/c23-18-6-4-15(5-7-18)12-20(25-14-21(27)28)22(29)26-19-3-1-2-17(13-19)16-8-10-24-11-9-16/h1-11,13,20,25H,12,14H2,(H,26,29)(H,27,28). The maximum Gasteiger partial charge on any atom is 0.317 e. The number of aromatic nitrogens is 1. The molecule has 1 aromatic heterocycles. The molecule has 0 saturated carbocycles. The number of anilines is 1. The third-order valence-electron chi connectivity index (χ3n) is 4.31. The third-order valence-corrected chi connectivity index (χ3v) is 4.31. The number of rotatable bonds is 8. The van der Waals surface area contributed by atoms with Gasteiger partial charge in [-0.25, -0.2) is 4.39 Å². The van der Waals surface area contributed by atoms with Crippen molar-refractivity contribution in [3.05, 3.63) is 84.4 Å². The number of aliphatic carboxylic acids is 1. The van der Waals surface area contributed by atoms with Crippen molar-refractivity contribution in [3.63, 3.8) is 0 Å². The Morgan fingerprint density at radius 3 is 2.41 bits per heavy atom. The van der Waals surface area contributed by atoms with E-state index in [1.165, 1.54) is 12.1 Å². The lowest BCUT2D eigenvalue weighted by Crippen LogP contribution is -2.44. The number of carbonyl (C=O) groups excluding carboxylic acids is 1. The second-order valence-electron chi connectivity index (χ2n) is 6.46. The Bertz CT molecular complexity index is 978. The van der Waals surface area contributed by atoms with Gasteiger partial charge in [0.05, 0.1) is 12.6 Å². The van der Waals surface area contributed by atoms with E-state index >= 15 is 0 Å². The van der Waals surface area contributed by atoms with Crippen LogP contribution in [-0.2, 0) is 16.0 Å². The monoisotopic (exact) mass is 393 g/mol. The van der Waals surface area contributed by atoms with Crippen molar-refractivity contribution >= 4 is 17.6 Å². The molecule has 0 radical (unpaired) electrons. The van der Waals surface area contributed by atoms with Gasteiger partial charge in [-0.3, -0.25) is 19.9 Å². The van der Waals surface area contributed by atoms with Crippen LogP contribution in [-0.4, -0.2) is 34.6 Å². The van der Waals surface area contributed by atoms with Crippen LogP contribution in [0, 0.1) is 5.82 Å². The Labute approximate surface area is 167 Å². The molecule has 1 unspecified atom stereocenters. The predicted octanol–water partition coefficient (Wildman–Crippen LogP) is 3.11. The zero-order valence-corrected chi connectivity index (χ0v) is 15.5. The van der Waals surface area contributed by atoms with Gasteiger partial charge in [0.2, 0.25) is 5.91 Å². The summed E-state index contributed by atoms with van der Waals surface area (Å²) in [5.74, 6) is -1.81. The molecule has 7 heteroatoms. The number of carboxylic acid groups (broad SMARTS) is 1. The molecule has 0 bridgehead atoms. The van der Waals surface area contributed by atoms with Crippen LogP contribution in [0.5, 0.6) is 0 Å². The fourth-order valence-electron chi connectivity index (χ4n) is 2.87. The van der Waals surface area contributed by atoms with E-state index in [9.17, 15) is 14.0 Å². The summed E-state index contributed by atoms with van der Waals surface area (Å²) in [6, 6.07) is 16.0. The molecule has 3 N–H and O–H groups in total. The highest BCUT2D eigenvalue weighted by Gasteiger charge is 2.20. The number of nitrogens with zero attached hydrogens (tertiary/aromatic N) is 1. The number of hydrogen-bond acceptors (Lipinski definition) is 4. The van der Waals surface area contributed by atoms with Crippen LogP contribution in [0.1, 0.15) is 5.56 Å². The molecule has 0 aliphatic rings. The van der Waals surface area contributed by atoms with E-state index in [4.69, 9.17) is 5.11 Å². The van der Waals surface area contributed by atoms with Gasteiger partial charge in [0.1, 0.15) is 5.82 Å². The van der Waals surface area contributed by atoms with E-state index in [-0.39, 0.29) is 24.7 Å². The van der Waals surface area contributed by atoms with Gasteiger partial charge < -0.3 is 10.4 Å². The molecule has 3 rings (SSSR count). The minimum absolute atomic E-state index is 0.226. The van der Waals surface area contributed by atoms with Crippen LogP contribution in [0.2, 0.25) is 0 Å². The van der Waals surface area contributed by atoms with Gasteiger partial charge >= 0.3 is 5.97 Å². The van der Waals surface area contributed by atoms with E-state index in [0.29, 0.717) is 5.69 Å². The first kappa shape index (κ1) is 20.2. The number of pyridine rings is 1. The van der Waals surface area contributed by atoms with Crippen LogP contribution in [0.25, 0.3) is 11.1 Å². The van der Waals surface area contributed by atoms with E-state index in [0.717, 1.165) is 16.7 Å². The van der Waals surface area contributed by atoms with Gasteiger partial charge in [-0.05, 0) is 59.5 Å². The Morgan fingerprint density at radius 2 is 1.72 bits per heavy atom. The molecule has 0 aliphatic heterocycles. The van der Waals surface area contributed by atoms with Gasteiger partial charge in [0.25, 0.3) is 0 Å². The number of carboxylic acids is 1. The predicted molar refractivity (Wildman–Crippen MR) is 108 cm³/mol. The molecule has 1 heterocycles. The molecule has 1 atom stereocenters. The van der Waals surface area contributed by atoms with Crippen molar-refractivity contribution in [2.75, 3.05) is 11.9 Å². The zero-order valence-electron chi connectivity index (χ0n) is 15.5. The quantitative estimate of drug-likeness (QED) is 0.547. The van der Waals surface area contributed by atoms with Crippen molar-refractivity contribution in [2.45, 2.75) is 12.5 Å². The Balaban J connectivity index is 1.75. The van der Waals surface area contributed by atoms with E-state index in [2.05, 4.69) is 15.6 Å². The number of hydrogen-bond donors (Lipinski definition) is 3. The maximum absolute atomic E-state index is 13.1. The summed E-state index contributed by atoms with van der Waals surface area (Å²) < 4.78 is 13.1. The van der Waals surface area contributed by atoms with E-state index in [1.54, 1.807) is 30.6 Å². The van der Waals surface area contributed by atoms with Crippen LogP contribution < -0.4 is 10.6 Å². The van der Waals surface area contributed by atoms with Crippen LogP contribution >= 0.6 is 0 Å². The van der Waals surface area contributed by atoms with Gasteiger partial charge in [-0.2, -0.15) is 0 Å². The smallest absolute Gasteiger partial charge is 0.317 e. The third kappa shape index (κ3) is 5.95. The molecule has 0 saturated heterocycles. The first-order valence-electron chi connectivity index (χ1n) is 9.02. The summed E-state index contributed by atoms with van der Waals surface area (Å²) in [6.45, 7) is -0.365. The molecular weight excluding hydrogens is 373 g/mol. The lowest BCUT2D eigenvalue weighted by Gasteiger charge is -2.18. The maximum atomic E-state index is 13.1. The number of benzene rings is 2. The zero-order chi connectivity index (χ0) is 20.6. The van der Waals surface area contributed by atoms with Crippen molar-refractivity contribution in [2.24, 2.45) is 0 Å². The summed E-state index contributed by atoms with van der Waals surface area (Å²) in [5, 5.41) is 14.5. The SMILES string of the molecule is O=C(O)CNC(Cc1ccc(F)cc1)C(=O)Nc1cccc(-c2ccncc2)c1. The molecule has 0 fully saturated rings. The first-order chi connectivity index (χ1) is 14.0. The van der Waals surface area contributed by atoms with Crippen molar-refractivity contribution in [1.82, 2.24) is 10.3 Å². The average Bonchev–Trinajstić information content (AvgIpc) is 2.73. The van der Waals surface area contributed by atoms with Gasteiger partial charge in [0, 0.05) is 18.1 Å². The van der Waals surface area contributed by atoms with E-state index < -0.39 is 12.0 Å². The fourth-order valence-corrected chi connectivity index (χ4v) is 2.87. The van der Waals surface area contributed by atoms with Crippen molar-refractivity contribution in [3.8, 4) is 11.1 Å². The number of carbonyl (C=O) groups is 2. The van der Waals surface area contributed by atoms with Crippen molar-refractivity contribution < 1.29 is 19.1 Å². The molecule has 0 spiro atoms. The molecule has 1 amide bonds. The van der Waals surface area contributed by atoms with Crippen LogP contribution in [0.4, 0.5) is 10.1 Å². The lowest BCUT2D eigenvalue weighted by atomic mass is 10.0. The highest BCUT2D eigenvalue weighted by Crippen LogP contribution is 2.22. The second-order valence-corrected chi connectivity index (χ2v) is 6.46. The van der Waals surface area contributed by atoms with Crippen LogP contribution in [0.15, 0.2) is 73.1 Å². The highest BCUT2D eigenvalue weighted by molar-refractivity contribution is 5.95. The summed E-state index contributed by atoms with van der Waals surface area (Å²) >= 11 is 0. The Morgan fingerprint density at radius 1 is 1.00 bits per heavy atom.